The SMILES string of the molecule is O=C(CNC(=O)c1cccc(C(F)(F)F)c1)N[C@@]1(C2CCC(O)(c3ccc(OCC(F)(F)F)nc3)CC2)CCNC1. The van der Waals surface area contributed by atoms with Gasteiger partial charge in [-0.05, 0) is 68.8 Å². The quantitative estimate of drug-likeness (QED) is 0.350. The fraction of sp³-hybridized carbons (Fsp3) is 0.519. The first kappa shape index (κ1) is 30.6. The Morgan fingerprint density at radius 2 is 1.80 bits per heavy atom. The molecule has 41 heavy (non-hydrogen) atoms. The van der Waals surface area contributed by atoms with Gasteiger partial charge in [-0.1, -0.05) is 6.07 Å². The Morgan fingerprint density at radius 3 is 2.39 bits per heavy atom. The van der Waals surface area contributed by atoms with Gasteiger partial charge in [0.15, 0.2) is 6.61 Å². The molecule has 1 aliphatic carbocycles. The minimum Gasteiger partial charge on any atom is -0.468 e. The minimum atomic E-state index is -4.60. The number of nitrogens with one attached hydrogen (secondary N) is 3. The molecule has 0 radical (unpaired) electrons. The number of carbonyl (C=O) groups is 2. The summed E-state index contributed by atoms with van der Waals surface area (Å²) >= 11 is 0. The number of aromatic nitrogens is 1. The van der Waals surface area contributed by atoms with Crippen LogP contribution in [0.5, 0.6) is 5.88 Å². The zero-order valence-corrected chi connectivity index (χ0v) is 21.9. The Bertz CT molecular complexity index is 1220. The van der Waals surface area contributed by atoms with Crippen molar-refractivity contribution in [1.29, 1.82) is 0 Å². The number of aliphatic hydroxyl groups is 1. The van der Waals surface area contributed by atoms with E-state index in [9.17, 15) is 41.0 Å². The molecule has 1 aromatic carbocycles. The number of benzene rings is 1. The van der Waals surface area contributed by atoms with Crippen molar-refractivity contribution in [3.8, 4) is 5.88 Å². The van der Waals surface area contributed by atoms with E-state index in [1.807, 2.05) is 0 Å². The van der Waals surface area contributed by atoms with Crippen LogP contribution in [0.1, 0.15) is 53.6 Å². The molecular weight excluding hydrogens is 558 g/mol. The van der Waals surface area contributed by atoms with Gasteiger partial charge in [0.25, 0.3) is 5.91 Å². The second kappa shape index (κ2) is 11.8. The van der Waals surface area contributed by atoms with Crippen molar-refractivity contribution in [2.75, 3.05) is 26.2 Å². The molecule has 8 nitrogen and oxygen atoms in total. The van der Waals surface area contributed by atoms with E-state index in [0.717, 1.165) is 18.2 Å². The van der Waals surface area contributed by atoms with Gasteiger partial charge in [0.2, 0.25) is 11.8 Å². The predicted molar refractivity (Wildman–Crippen MR) is 134 cm³/mol. The number of rotatable bonds is 8. The highest BCUT2D eigenvalue weighted by molar-refractivity contribution is 5.96. The minimum absolute atomic E-state index is 0.0248. The van der Waals surface area contributed by atoms with E-state index in [-0.39, 0.29) is 17.4 Å². The van der Waals surface area contributed by atoms with E-state index in [4.69, 9.17) is 0 Å². The maximum Gasteiger partial charge on any atom is 0.422 e. The molecule has 14 heteroatoms. The lowest BCUT2D eigenvalue weighted by atomic mass is 9.68. The number of halogens is 6. The number of carbonyl (C=O) groups excluding carboxylic acids is 2. The Balaban J connectivity index is 1.33. The largest absolute Gasteiger partial charge is 0.468 e. The lowest BCUT2D eigenvalue weighted by Gasteiger charge is -2.44. The molecule has 1 saturated heterocycles. The van der Waals surface area contributed by atoms with E-state index in [1.54, 1.807) is 0 Å². The molecule has 4 N–H and O–H groups in total. The third-order valence-corrected chi connectivity index (χ3v) is 7.69. The standard InChI is InChI=1S/C27H30F6N4O4/c28-26(29,30)16-41-22-5-4-20(13-35-22)25(40)8-6-18(7-9-25)24(10-11-34-15-24)37-21(38)14-36-23(39)17-2-1-3-19(12-17)27(31,32)33/h1-5,12-13,18,34,40H,6-11,14-16H2,(H,36,39)(H,37,38)/t18?,24-,25?/m0/s1. The van der Waals surface area contributed by atoms with E-state index >= 15 is 0 Å². The van der Waals surface area contributed by atoms with Crippen molar-refractivity contribution in [1.82, 2.24) is 20.9 Å². The van der Waals surface area contributed by atoms with Crippen molar-refractivity contribution in [3.05, 3.63) is 59.3 Å². The normalized spacial score (nSPS) is 25.0. The lowest BCUT2D eigenvalue weighted by molar-refractivity contribution is -0.154. The second-order valence-corrected chi connectivity index (χ2v) is 10.5. The Labute approximate surface area is 231 Å². The molecule has 0 bridgehead atoms. The molecule has 1 aromatic heterocycles. The summed E-state index contributed by atoms with van der Waals surface area (Å²) in [6.07, 6.45) is -5.48. The molecule has 1 aliphatic heterocycles. The van der Waals surface area contributed by atoms with Crippen LogP contribution < -0.4 is 20.7 Å². The van der Waals surface area contributed by atoms with Crippen LogP contribution in [0, 0.1) is 5.92 Å². The van der Waals surface area contributed by atoms with Crippen LogP contribution >= 0.6 is 0 Å². The monoisotopic (exact) mass is 588 g/mol. The first-order chi connectivity index (χ1) is 19.2. The maximum atomic E-state index is 13.0. The Kier molecular flexibility index (Phi) is 8.83. The zero-order chi connectivity index (χ0) is 29.9. The molecular formula is C27H30F6N4O4. The van der Waals surface area contributed by atoms with Gasteiger partial charge in [-0.25, -0.2) is 4.98 Å². The number of amides is 2. The number of pyridine rings is 1. The first-order valence-corrected chi connectivity index (χ1v) is 13.0. The average molecular weight is 589 g/mol. The predicted octanol–water partition coefficient (Wildman–Crippen LogP) is 3.70. The van der Waals surface area contributed by atoms with Gasteiger partial charge in [-0.15, -0.1) is 0 Å². The highest BCUT2D eigenvalue weighted by Gasteiger charge is 2.47. The average Bonchev–Trinajstić information content (AvgIpc) is 3.39. The highest BCUT2D eigenvalue weighted by Crippen LogP contribution is 2.44. The summed E-state index contributed by atoms with van der Waals surface area (Å²) in [5.74, 6) is -1.53. The maximum absolute atomic E-state index is 13.0. The van der Waals surface area contributed by atoms with Crippen molar-refractivity contribution < 1.29 is 45.8 Å². The van der Waals surface area contributed by atoms with Gasteiger partial charge in [-0.3, -0.25) is 9.59 Å². The van der Waals surface area contributed by atoms with Crippen molar-refractivity contribution in [2.24, 2.45) is 5.92 Å². The number of alkyl halides is 6. The van der Waals surface area contributed by atoms with Gasteiger partial charge < -0.3 is 25.8 Å². The molecule has 2 amide bonds. The molecule has 1 saturated carbocycles. The summed E-state index contributed by atoms with van der Waals surface area (Å²) in [6, 6.07) is 6.68. The van der Waals surface area contributed by atoms with E-state index in [1.165, 1.54) is 24.4 Å². The summed E-state index contributed by atoms with van der Waals surface area (Å²) < 4.78 is 80.6. The molecule has 2 heterocycles. The van der Waals surface area contributed by atoms with Crippen LogP contribution in [0.15, 0.2) is 42.6 Å². The number of hydrogen-bond acceptors (Lipinski definition) is 6. The fourth-order valence-corrected chi connectivity index (χ4v) is 5.52. The third kappa shape index (κ3) is 7.67. The Morgan fingerprint density at radius 1 is 1.07 bits per heavy atom. The summed E-state index contributed by atoms with van der Waals surface area (Å²) in [6.45, 7) is -0.791. The molecule has 2 aliphatic rings. The van der Waals surface area contributed by atoms with Crippen LogP contribution in [-0.2, 0) is 16.6 Å². The number of ether oxygens (including phenoxy) is 1. The summed E-state index contributed by atoms with van der Waals surface area (Å²) in [4.78, 5) is 29.1. The van der Waals surface area contributed by atoms with Crippen molar-refractivity contribution in [2.45, 2.75) is 55.6 Å². The van der Waals surface area contributed by atoms with E-state index in [0.29, 0.717) is 50.8 Å². The summed E-state index contributed by atoms with van der Waals surface area (Å²) in [5.41, 5.74) is -2.62. The molecule has 1 atom stereocenters. The highest BCUT2D eigenvalue weighted by atomic mass is 19.4. The zero-order valence-electron chi connectivity index (χ0n) is 21.9. The van der Waals surface area contributed by atoms with Crippen LogP contribution in [0.3, 0.4) is 0 Å². The molecule has 4 rings (SSSR count). The van der Waals surface area contributed by atoms with Gasteiger partial charge >= 0.3 is 12.4 Å². The molecule has 2 aromatic rings. The topological polar surface area (TPSA) is 113 Å². The lowest BCUT2D eigenvalue weighted by Crippen LogP contribution is -2.58. The molecule has 0 unspecified atom stereocenters. The molecule has 224 valence electrons. The molecule has 0 spiro atoms. The van der Waals surface area contributed by atoms with Gasteiger partial charge in [0, 0.05) is 29.9 Å². The van der Waals surface area contributed by atoms with E-state index < -0.39 is 54.0 Å². The summed E-state index contributed by atoms with van der Waals surface area (Å²) in [5, 5.41) is 19.9. The van der Waals surface area contributed by atoms with Crippen LogP contribution in [0.2, 0.25) is 0 Å². The first-order valence-electron chi connectivity index (χ1n) is 13.0. The second-order valence-electron chi connectivity index (χ2n) is 10.5. The van der Waals surface area contributed by atoms with Gasteiger partial charge in [0.1, 0.15) is 0 Å². The number of hydrogen-bond donors (Lipinski definition) is 4. The Hall–Kier alpha value is -3.39. The van der Waals surface area contributed by atoms with Gasteiger partial charge in [-0.2, -0.15) is 26.3 Å². The van der Waals surface area contributed by atoms with Crippen molar-refractivity contribution >= 4 is 11.8 Å². The summed E-state index contributed by atoms with van der Waals surface area (Å²) in [7, 11) is 0. The van der Waals surface area contributed by atoms with Crippen LogP contribution in [-0.4, -0.2) is 59.9 Å². The van der Waals surface area contributed by atoms with Crippen LogP contribution in [0.4, 0.5) is 26.3 Å². The smallest absolute Gasteiger partial charge is 0.422 e. The molecule has 2 fully saturated rings. The van der Waals surface area contributed by atoms with Gasteiger partial charge in [0.05, 0.1) is 23.2 Å². The third-order valence-electron chi connectivity index (χ3n) is 7.69. The van der Waals surface area contributed by atoms with Crippen LogP contribution in [0.25, 0.3) is 0 Å². The number of nitrogens with zero attached hydrogens (tertiary/aromatic N) is 1. The fourth-order valence-electron chi connectivity index (χ4n) is 5.52. The van der Waals surface area contributed by atoms with Crippen molar-refractivity contribution in [3.63, 3.8) is 0 Å². The van der Waals surface area contributed by atoms with E-state index in [2.05, 4.69) is 25.7 Å².